The Kier molecular flexibility index (Phi) is 6.04. The predicted octanol–water partition coefficient (Wildman–Crippen LogP) is 2.96. The Morgan fingerprint density at radius 2 is 2.08 bits per heavy atom. The number of guanidine groups is 1. The first-order valence-corrected chi connectivity index (χ1v) is 9.26. The van der Waals surface area contributed by atoms with Gasteiger partial charge < -0.3 is 10.6 Å². The Balaban J connectivity index is 1.62. The van der Waals surface area contributed by atoms with Crippen LogP contribution < -0.4 is 10.6 Å². The van der Waals surface area contributed by atoms with Crippen LogP contribution in [-0.2, 0) is 6.54 Å². The van der Waals surface area contributed by atoms with Gasteiger partial charge in [-0.25, -0.2) is 15.0 Å². The molecule has 6 nitrogen and oxygen atoms in total. The molecule has 0 aromatic carbocycles. The molecule has 25 heavy (non-hydrogen) atoms. The molecule has 134 valence electrons. The lowest BCUT2D eigenvalue weighted by Gasteiger charge is -2.24. The van der Waals surface area contributed by atoms with Crippen LogP contribution in [0, 0.1) is 6.92 Å². The van der Waals surface area contributed by atoms with Crippen LogP contribution in [0.5, 0.6) is 0 Å². The number of hydrogen-bond acceptors (Lipinski definition) is 3. The molecule has 1 saturated carbocycles. The minimum Gasteiger partial charge on any atom is -0.357 e. The van der Waals surface area contributed by atoms with E-state index in [4.69, 9.17) is 4.99 Å². The summed E-state index contributed by atoms with van der Waals surface area (Å²) in [6.07, 6.45) is 12.1. The van der Waals surface area contributed by atoms with Gasteiger partial charge in [0.1, 0.15) is 11.6 Å². The zero-order valence-corrected chi connectivity index (χ0v) is 15.2. The van der Waals surface area contributed by atoms with Crippen LogP contribution in [0.1, 0.15) is 50.4 Å². The number of aromatic nitrogens is 3. The Morgan fingerprint density at radius 1 is 1.24 bits per heavy atom. The fraction of sp³-hybridized carbons (Fsp3) is 0.526. The number of aryl methyl sites for hydroxylation is 1. The van der Waals surface area contributed by atoms with Gasteiger partial charge in [0.15, 0.2) is 5.96 Å². The molecule has 0 bridgehead atoms. The highest BCUT2D eigenvalue weighted by atomic mass is 15.2. The van der Waals surface area contributed by atoms with Crippen molar-refractivity contribution < 1.29 is 0 Å². The lowest BCUT2D eigenvalue weighted by molar-refractivity contribution is 0.410. The molecule has 3 rings (SSSR count). The maximum absolute atomic E-state index is 4.72. The minimum absolute atomic E-state index is 0.552. The number of rotatable bonds is 5. The summed E-state index contributed by atoms with van der Waals surface area (Å²) < 4.78 is 1.97. The van der Waals surface area contributed by atoms with Gasteiger partial charge in [-0.3, -0.25) is 4.57 Å². The van der Waals surface area contributed by atoms with E-state index in [1.54, 1.807) is 6.20 Å². The van der Waals surface area contributed by atoms with Crippen molar-refractivity contribution in [3.63, 3.8) is 0 Å². The highest BCUT2D eigenvalue weighted by Gasteiger charge is 2.14. The average molecular weight is 340 g/mol. The van der Waals surface area contributed by atoms with Crippen molar-refractivity contribution in [1.82, 2.24) is 25.2 Å². The van der Waals surface area contributed by atoms with E-state index in [0.29, 0.717) is 12.6 Å². The molecule has 6 heteroatoms. The quantitative estimate of drug-likeness (QED) is 0.649. The summed E-state index contributed by atoms with van der Waals surface area (Å²) in [7, 11) is 0. The Morgan fingerprint density at radius 3 is 2.72 bits per heavy atom. The molecular weight excluding hydrogens is 312 g/mol. The van der Waals surface area contributed by atoms with Crippen molar-refractivity contribution in [3.05, 3.63) is 42.1 Å². The predicted molar refractivity (Wildman–Crippen MR) is 101 cm³/mol. The molecule has 2 heterocycles. The summed E-state index contributed by atoms with van der Waals surface area (Å²) in [4.78, 5) is 13.5. The van der Waals surface area contributed by atoms with E-state index in [0.717, 1.165) is 29.7 Å². The zero-order chi connectivity index (χ0) is 17.5. The monoisotopic (exact) mass is 340 g/mol. The Bertz CT molecular complexity index is 682. The third-order valence-electron chi connectivity index (χ3n) is 4.59. The molecule has 2 aromatic heterocycles. The van der Waals surface area contributed by atoms with E-state index in [-0.39, 0.29) is 0 Å². The van der Waals surface area contributed by atoms with Crippen LogP contribution in [0.2, 0.25) is 0 Å². The zero-order valence-electron chi connectivity index (χ0n) is 15.2. The molecule has 0 unspecified atom stereocenters. The van der Waals surface area contributed by atoms with Gasteiger partial charge in [0.2, 0.25) is 0 Å². The smallest absolute Gasteiger partial charge is 0.191 e. The largest absolute Gasteiger partial charge is 0.357 e. The van der Waals surface area contributed by atoms with Crippen molar-refractivity contribution in [2.75, 3.05) is 6.54 Å². The fourth-order valence-electron chi connectivity index (χ4n) is 3.20. The number of pyridine rings is 1. The number of nitrogens with one attached hydrogen (secondary N) is 2. The number of hydrogen-bond donors (Lipinski definition) is 2. The molecule has 1 aliphatic carbocycles. The van der Waals surface area contributed by atoms with Crippen LogP contribution in [0.25, 0.3) is 5.82 Å². The van der Waals surface area contributed by atoms with Gasteiger partial charge in [-0.05, 0) is 38.3 Å². The molecule has 1 fully saturated rings. The van der Waals surface area contributed by atoms with E-state index < -0.39 is 0 Å². The molecule has 0 radical (unpaired) electrons. The molecule has 2 N–H and O–H groups in total. The van der Waals surface area contributed by atoms with Gasteiger partial charge in [-0.2, -0.15) is 0 Å². The van der Waals surface area contributed by atoms with Crippen LogP contribution in [0.3, 0.4) is 0 Å². The third-order valence-corrected chi connectivity index (χ3v) is 4.59. The lowest BCUT2D eigenvalue weighted by Crippen LogP contribution is -2.44. The first kappa shape index (κ1) is 17.5. The summed E-state index contributed by atoms with van der Waals surface area (Å²) in [6, 6.07) is 4.65. The number of imidazole rings is 1. The van der Waals surface area contributed by atoms with Gasteiger partial charge in [0.25, 0.3) is 0 Å². The van der Waals surface area contributed by atoms with E-state index in [1.165, 1.54) is 32.1 Å². The van der Waals surface area contributed by atoms with Crippen molar-refractivity contribution >= 4 is 5.96 Å². The van der Waals surface area contributed by atoms with Gasteiger partial charge in [0.05, 0.1) is 6.54 Å². The van der Waals surface area contributed by atoms with E-state index in [2.05, 4.69) is 33.6 Å². The average Bonchev–Trinajstić information content (AvgIpc) is 3.07. The molecule has 0 spiro atoms. The molecule has 0 amide bonds. The van der Waals surface area contributed by atoms with E-state index in [9.17, 15) is 0 Å². The number of aliphatic imine (C=N–C) groups is 1. The third kappa shape index (κ3) is 4.81. The first-order valence-electron chi connectivity index (χ1n) is 9.26. The summed E-state index contributed by atoms with van der Waals surface area (Å²) in [6.45, 7) is 5.56. The molecule has 2 aromatic rings. The second kappa shape index (κ2) is 8.65. The SMILES string of the molecule is CCNC(=NCc1ccc(-n2ccnc2C)nc1)NC1CCCCC1. The van der Waals surface area contributed by atoms with Gasteiger partial charge in [-0.15, -0.1) is 0 Å². The second-order valence-corrected chi connectivity index (χ2v) is 6.54. The Hall–Kier alpha value is -2.37. The maximum Gasteiger partial charge on any atom is 0.191 e. The first-order chi connectivity index (χ1) is 12.3. The maximum atomic E-state index is 4.72. The van der Waals surface area contributed by atoms with Crippen molar-refractivity contribution in [1.29, 1.82) is 0 Å². The summed E-state index contributed by atoms with van der Waals surface area (Å²) in [5, 5.41) is 6.92. The van der Waals surface area contributed by atoms with Crippen molar-refractivity contribution in [2.45, 2.75) is 58.5 Å². The molecule has 1 aliphatic rings. The summed E-state index contributed by atoms with van der Waals surface area (Å²) in [5.74, 6) is 2.73. The van der Waals surface area contributed by atoms with E-state index >= 15 is 0 Å². The molecule has 0 saturated heterocycles. The Labute approximate surface area is 149 Å². The highest BCUT2D eigenvalue weighted by Crippen LogP contribution is 2.17. The second-order valence-electron chi connectivity index (χ2n) is 6.54. The number of nitrogens with zero attached hydrogens (tertiary/aromatic N) is 4. The molecule has 0 atom stereocenters. The lowest BCUT2D eigenvalue weighted by atomic mass is 9.96. The van der Waals surface area contributed by atoms with Gasteiger partial charge in [0, 0.05) is 31.2 Å². The highest BCUT2D eigenvalue weighted by molar-refractivity contribution is 5.80. The van der Waals surface area contributed by atoms with Crippen molar-refractivity contribution in [2.24, 2.45) is 4.99 Å². The van der Waals surface area contributed by atoms with E-state index in [1.807, 2.05) is 30.0 Å². The van der Waals surface area contributed by atoms with Gasteiger partial charge in [-0.1, -0.05) is 25.3 Å². The van der Waals surface area contributed by atoms with Crippen LogP contribution in [-0.4, -0.2) is 33.1 Å². The fourth-order valence-corrected chi connectivity index (χ4v) is 3.20. The standard InChI is InChI=1S/C19H28N6/c1-3-20-19(24-17-7-5-4-6-8-17)23-14-16-9-10-18(22-13-16)25-12-11-21-15(25)2/h9-13,17H,3-8,14H2,1-2H3,(H2,20,23,24). The minimum atomic E-state index is 0.552. The van der Waals surface area contributed by atoms with Crippen LogP contribution >= 0.6 is 0 Å². The topological polar surface area (TPSA) is 67.1 Å². The molecule has 0 aliphatic heterocycles. The van der Waals surface area contributed by atoms with Crippen LogP contribution in [0.4, 0.5) is 0 Å². The van der Waals surface area contributed by atoms with Crippen molar-refractivity contribution in [3.8, 4) is 5.82 Å². The summed E-state index contributed by atoms with van der Waals surface area (Å²) >= 11 is 0. The summed E-state index contributed by atoms with van der Waals surface area (Å²) in [5.41, 5.74) is 1.10. The van der Waals surface area contributed by atoms with Crippen LogP contribution in [0.15, 0.2) is 35.7 Å². The normalized spacial score (nSPS) is 16.0. The van der Waals surface area contributed by atoms with Gasteiger partial charge >= 0.3 is 0 Å². The molecular formula is C19H28N6.